The molecule has 8 nitrogen and oxygen atoms in total. The largest absolute Gasteiger partial charge is 0.493 e. The van der Waals surface area contributed by atoms with Crippen molar-refractivity contribution in [2.45, 2.75) is 50.6 Å². The highest BCUT2D eigenvalue weighted by Gasteiger charge is 2.57. The van der Waals surface area contributed by atoms with Gasteiger partial charge in [0.2, 0.25) is 5.60 Å². The summed E-state index contributed by atoms with van der Waals surface area (Å²) < 4.78 is 62.9. The number of carbonyl (C=O) groups is 1. The van der Waals surface area contributed by atoms with Crippen molar-refractivity contribution >= 4 is 28.5 Å². The molecule has 0 radical (unpaired) electrons. The number of esters is 1. The van der Waals surface area contributed by atoms with E-state index in [9.17, 15) is 28.3 Å². The fourth-order valence-corrected chi connectivity index (χ4v) is 6.05. The Morgan fingerprint density at radius 1 is 1.04 bits per heavy atom. The summed E-state index contributed by atoms with van der Waals surface area (Å²) in [5.41, 5.74) is -1.26. The number of hydrogen-bond donors (Lipinski definition) is 1. The standard InChI is InChI=1S/C35H35ClF3N3O5/c1-3-46-33(43)18-24-7-11-31(32(17-24)45-2)47-27-12-14-41(15-13-27)22-34(44,35(37,38)39)29-21-42(20-23-4-8-26(36)9-5-23)30-16-25(19-40)6-10-28(29)30/h4-11,16-17,21,27,44H,3,12-15,18,20,22H2,1-2H3. The molecule has 0 saturated carbocycles. The first-order valence-corrected chi connectivity index (χ1v) is 15.6. The highest BCUT2D eigenvalue weighted by molar-refractivity contribution is 6.30. The molecule has 1 unspecified atom stereocenters. The number of aromatic nitrogens is 1. The van der Waals surface area contributed by atoms with Crippen molar-refractivity contribution in [1.82, 2.24) is 9.47 Å². The number of carbonyl (C=O) groups excluding carboxylic acids is 1. The van der Waals surface area contributed by atoms with E-state index in [-0.39, 0.29) is 55.7 Å². The first-order chi connectivity index (χ1) is 22.4. The second-order valence-electron chi connectivity index (χ2n) is 11.6. The van der Waals surface area contributed by atoms with Crippen molar-refractivity contribution in [2.75, 3.05) is 33.4 Å². The van der Waals surface area contributed by atoms with Crippen molar-refractivity contribution in [3.05, 3.63) is 94.1 Å². The minimum absolute atomic E-state index is 0.0876. The summed E-state index contributed by atoms with van der Waals surface area (Å²) >= 11 is 6.02. The third-order valence-corrected chi connectivity index (χ3v) is 8.61. The normalized spacial score (nSPS) is 15.6. The maximum Gasteiger partial charge on any atom is 0.422 e. The number of β-amino-alcohol motifs (C(OH)–C–C–N with tert-alkyl or cyclic N) is 1. The number of nitrogens with zero attached hydrogens (tertiary/aromatic N) is 3. The lowest BCUT2D eigenvalue weighted by Crippen LogP contribution is -2.53. The van der Waals surface area contributed by atoms with E-state index in [0.29, 0.717) is 46.0 Å². The van der Waals surface area contributed by atoms with E-state index in [0.717, 1.165) is 5.56 Å². The molecule has 1 aliphatic heterocycles. The van der Waals surface area contributed by atoms with E-state index in [4.69, 9.17) is 25.8 Å². The van der Waals surface area contributed by atoms with Crippen LogP contribution in [-0.4, -0.2) is 66.2 Å². The molecule has 248 valence electrons. The number of likely N-dealkylation sites (tertiary alicyclic amines) is 1. The lowest BCUT2D eigenvalue weighted by molar-refractivity contribution is -0.272. The molecule has 1 aliphatic rings. The van der Waals surface area contributed by atoms with Crippen LogP contribution >= 0.6 is 11.6 Å². The molecular weight excluding hydrogens is 635 g/mol. The summed E-state index contributed by atoms with van der Waals surface area (Å²) in [6, 6.07) is 18.6. The van der Waals surface area contributed by atoms with E-state index >= 15 is 0 Å². The molecule has 1 aromatic heterocycles. The van der Waals surface area contributed by atoms with E-state index in [1.165, 1.54) is 31.5 Å². The summed E-state index contributed by atoms with van der Waals surface area (Å²) in [6.07, 6.45) is -3.02. The fourth-order valence-electron chi connectivity index (χ4n) is 5.92. The number of halogens is 4. The van der Waals surface area contributed by atoms with Gasteiger partial charge in [0, 0.05) is 48.3 Å². The van der Waals surface area contributed by atoms with Crippen LogP contribution in [0.3, 0.4) is 0 Å². The number of ether oxygens (including phenoxy) is 3. The molecular formula is C35H35ClF3N3O5. The van der Waals surface area contributed by atoms with Crippen molar-refractivity contribution in [3.8, 4) is 17.6 Å². The number of nitriles is 1. The average molecular weight is 670 g/mol. The van der Waals surface area contributed by atoms with Gasteiger partial charge in [0.05, 0.1) is 37.3 Å². The number of hydrogen-bond acceptors (Lipinski definition) is 7. The first kappa shape index (κ1) is 34.1. The van der Waals surface area contributed by atoms with Crippen LogP contribution in [0.4, 0.5) is 13.2 Å². The van der Waals surface area contributed by atoms with Gasteiger partial charge in [-0.1, -0.05) is 35.9 Å². The zero-order valence-corrected chi connectivity index (χ0v) is 26.8. The third-order valence-electron chi connectivity index (χ3n) is 8.35. The predicted molar refractivity (Wildman–Crippen MR) is 171 cm³/mol. The molecule has 1 fully saturated rings. The van der Waals surface area contributed by atoms with Crippen LogP contribution in [0.1, 0.15) is 42.0 Å². The molecule has 2 heterocycles. The molecule has 0 spiro atoms. The maximum atomic E-state index is 14.9. The van der Waals surface area contributed by atoms with Crippen molar-refractivity contribution in [2.24, 2.45) is 0 Å². The van der Waals surface area contributed by atoms with Gasteiger partial charge >= 0.3 is 12.1 Å². The van der Waals surface area contributed by atoms with Crippen LogP contribution in [-0.2, 0) is 28.1 Å². The average Bonchev–Trinajstić information content (AvgIpc) is 3.41. The van der Waals surface area contributed by atoms with Gasteiger partial charge in [0.1, 0.15) is 6.10 Å². The van der Waals surface area contributed by atoms with Gasteiger partial charge in [0.25, 0.3) is 0 Å². The number of fused-ring (bicyclic) bond motifs is 1. The van der Waals surface area contributed by atoms with Crippen LogP contribution in [0, 0.1) is 11.3 Å². The molecule has 1 saturated heterocycles. The van der Waals surface area contributed by atoms with Gasteiger partial charge in [-0.25, -0.2) is 0 Å². The summed E-state index contributed by atoms with van der Waals surface area (Å²) in [5, 5.41) is 21.8. The minimum Gasteiger partial charge on any atom is -0.493 e. The molecule has 4 aromatic rings. The smallest absolute Gasteiger partial charge is 0.422 e. The van der Waals surface area contributed by atoms with Crippen molar-refractivity contribution < 1.29 is 37.3 Å². The first-order valence-electron chi connectivity index (χ1n) is 15.2. The molecule has 12 heteroatoms. The quantitative estimate of drug-likeness (QED) is 0.179. The Labute approximate surface area is 275 Å². The molecule has 0 bridgehead atoms. The second kappa shape index (κ2) is 14.3. The Morgan fingerprint density at radius 2 is 1.74 bits per heavy atom. The SMILES string of the molecule is CCOC(=O)Cc1ccc(OC2CCN(CC(O)(c3cn(Cc4ccc(Cl)cc4)c4cc(C#N)ccc34)C(F)(F)F)CC2)c(OC)c1. The lowest BCUT2D eigenvalue weighted by Gasteiger charge is -2.39. The number of rotatable bonds is 11. The van der Waals surface area contributed by atoms with Crippen molar-refractivity contribution in [3.63, 3.8) is 0 Å². The van der Waals surface area contributed by atoms with Crippen LogP contribution in [0.15, 0.2) is 66.9 Å². The van der Waals surface area contributed by atoms with Gasteiger partial charge in [0.15, 0.2) is 11.5 Å². The number of piperidine rings is 1. The number of methoxy groups -OCH3 is 1. The van der Waals surface area contributed by atoms with Crippen LogP contribution in [0.25, 0.3) is 10.9 Å². The Bertz CT molecular complexity index is 1760. The van der Waals surface area contributed by atoms with Crippen LogP contribution in [0.5, 0.6) is 11.5 Å². The van der Waals surface area contributed by atoms with Crippen molar-refractivity contribution in [1.29, 1.82) is 5.26 Å². The Morgan fingerprint density at radius 3 is 2.38 bits per heavy atom. The monoisotopic (exact) mass is 669 g/mol. The molecule has 0 aliphatic carbocycles. The van der Waals surface area contributed by atoms with Gasteiger partial charge in [-0.2, -0.15) is 18.4 Å². The zero-order valence-electron chi connectivity index (χ0n) is 26.0. The molecule has 1 atom stereocenters. The zero-order chi connectivity index (χ0) is 33.8. The summed E-state index contributed by atoms with van der Waals surface area (Å²) in [4.78, 5) is 13.5. The van der Waals surface area contributed by atoms with E-state index in [1.54, 1.807) is 58.9 Å². The predicted octanol–water partition coefficient (Wildman–Crippen LogP) is 6.62. The van der Waals surface area contributed by atoms with Gasteiger partial charge in [-0.15, -0.1) is 0 Å². The number of aliphatic hydroxyl groups is 1. The molecule has 1 N–H and O–H groups in total. The molecule has 0 amide bonds. The Hall–Kier alpha value is -4.24. The van der Waals surface area contributed by atoms with Crippen LogP contribution in [0.2, 0.25) is 5.02 Å². The summed E-state index contributed by atoms with van der Waals surface area (Å²) in [7, 11) is 1.49. The van der Waals surface area contributed by atoms with Gasteiger partial charge in [-0.3, -0.25) is 9.69 Å². The minimum atomic E-state index is -4.99. The molecule has 3 aromatic carbocycles. The van der Waals surface area contributed by atoms with E-state index in [2.05, 4.69) is 0 Å². The third kappa shape index (κ3) is 7.67. The Kier molecular flexibility index (Phi) is 10.3. The second-order valence-corrected chi connectivity index (χ2v) is 12.0. The maximum absolute atomic E-state index is 14.9. The van der Waals surface area contributed by atoms with Gasteiger partial charge in [-0.05, 0) is 67.3 Å². The van der Waals surface area contributed by atoms with Crippen LogP contribution < -0.4 is 9.47 Å². The summed E-state index contributed by atoms with van der Waals surface area (Å²) in [5.74, 6) is 0.554. The highest BCUT2D eigenvalue weighted by Crippen LogP contribution is 2.44. The molecule has 47 heavy (non-hydrogen) atoms. The highest BCUT2D eigenvalue weighted by atomic mass is 35.5. The molecule has 5 rings (SSSR count). The number of alkyl halides is 3. The van der Waals surface area contributed by atoms with E-state index < -0.39 is 18.3 Å². The van der Waals surface area contributed by atoms with E-state index in [1.807, 2.05) is 6.07 Å². The fraction of sp³-hybridized carbons (Fsp3) is 0.371. The lowest BCUT2D eigenvalue weighted by atomic mass is 9.90. The summed E-state index contributed by atoms with van der Waals surface area (Å²) in [6.45, 7) is 2.08. The number of benzene rings is 3. The Balaban J connectivity index is 1.34. The van der Waals surface area contributed by atoms with Gasteiger partial charge < -0.3 is 23.9 Å². The topological polar surface area (TPSA) is 97.0 Å².